The van der Waals surface area contributed by atoms with Gasteiger partial charge in [0.2, 0.25) is 5.91 Å². The summed E-state index contributed by atoms with van der Waals surface area (Å²) in [6.45, 7) is 1.78. The molecule has 1 aliphatic carbocycles. The first kappa shape index (κ1) is 16.9. The fraction of sp³-hybridized carbons (Fsp3) is 0.667. The van der Waals surface area contributed by atoms with Crippen LogP contribution in [0.2, 0.25) is 0 Å². The highest BCUT2D eigenvalue weighted by Gasteiger charge is 2.47. The van der Waals surface area contributed by atoms with E-state index in [0.717, 1.165) is 51.0 Å². The van der Waals surface area contributed by atoms with Gasteiger partial charge in [0.05, 0.1) is 12.1 Å². The third kappa shape index (κ3) is 3.13. The summed E-state index contributed by atoms with van der Waals surface area (Å²) in [4.78, 5) is 21.9. The van der Waals surface area contributed by atoms with E-state index in [0.29, 0.717) is 12.0 Å². The zero-order valence-corrected chi connectivity index (χ0v) is 15.7. The maximum Gasteiger partial charge on any atom is 0.223 e. The number of nitrogens with one attached hydrogen (secondary N) is 1. The Morgan fingerprint density at radius 3 is 2.67 bits per heavy atom. The molecule has 142 valence electrons. The lowest BCUT2D eigenvalue weighted by Gasteiger charge is -2.33. The van der Waals surface area contributed by atoms with E-state index in [2.05, 4.69) is 34.6 Å². The van der Waals surface area contributed by atoms with Crippen LogP contribution in [0, 0.1) is 17.4 Å². The number of pyridine rings is 1. The van der Waals surface area contributed by atoms with Gasteiger partial charge in [-0.1, -0.05) is 6.07 Å². The number of carbonyl (C=O) groups is 1. The zero-order valence-electron chi connectivity index (χ0n) is 15.7. The minimum atomic E-state index is 0.0857. The zero-order chi connectivity index (χ0) is 18.4. The largest absolute Gasteiger partial charge is 0.357 e. The van der Waals surface area contributed by atoms with E-state index in [4.69, 9.17) is 4.98 Å². The van der Waals surface area contributed by atoms with Crippen molar-refractivity contribution in [1.29, 1.82) is 5.26 Å². The summed E-state index contributed by atoms with van der Waals surface area (Å²) in [5.74, 6) is 2.01. The summed E-state index contributed by atoms with van der Waals surface area (Å²) < 4.78 is 0. The normalized spacial score (nSPS) is 30.4. The van der Waals surface area contributed by atoms with Crippen LogP contribution in [0.4, 0.5) is 5.82 Å². The molecule has 6 heteroatoms. The number of hydrogen-bond donors (Lipinski definition) is 1. The van der Waals surface area contributed by atoms with Crippen LogP contribution in [0.25, 0.3) is 0 Å². The maximum atomic E-state index is 12.8. The second-order valence-corrected chi connectivity index (χ2v) is 8.61. The molecular weight excluding hydrogens is 338 g/mol. The van der Waals surface area contributed by atoms with E-state index in [9.17, 15) is 10.1 Å². The van der Waals surface area contributed by atoms with Gasteiger partial charge in [-0.15, -0.1) is 0 Å². The molecule has 3 atom stereocenters. The molecule has 6 nitrogen and oxygen atoms in total. The van der Waals surface area contributed by atoms with Crippen molar-refractivity contribution in [3.8, 4) is 6.19 Å². The van der Waals surface area contributed by atoms with Gasteiger partial charge in [0.25, 0.3) is 0 Å². The van der Waals surface area contributed by atoms with Gasteiger partial charge in [-0.25, -0.2) is 4.98 Å². The predicted octanol–water partition coefficient (Wildman–Crippen LogP) is 2.38. The van der Waals surface area contributed by atoms with Gasteiger partial charge in [-0.05, 0) is 57.1 Å². The Hall–Kier alpha value is -2.29. The third-order valence-electron chi connectivity index (χ3n) is 6.92. The molecule has 1 N–H and O–H groups in total. The van der Waals surface area contributed by atoms with Gasteiger partial charge in [0.15, 0.2) is 6.19 Å². The van der Waals surface area contributed by atoms with Crippen molar-refractivity contribution in [1.82, 2.24) is 15.2 Å². The molecule has 0 aromatic carbocycles. The van der Waals surface area contributed by atoms with Crippen molar-refractivity contribution in [3.63, 3.8) is 0 Å². The summed E-state index contributed by atoms with van der Waals surface area (Å²) in [7, 11) is 0. The first-order chi connectivity index (χ1) is 13.2. The van der Waals surface area contributed by atoms with E-state index in [1.54, 1.807) is 0 Å². The lowest BCUT2D eigenvalue weighted by Crippen LogP contribution is -2.48. The predicted molar refractivity (Wildman–Crippen MR) is 102 cm³/mol. The van der Waals surface area contributed by atoms with Crippen molar-refractivity contribution in [2.45, 2.75) is 69.0 Å². The van der Waals surface area contributed by atoms with Crippen LogP contribution >= 0.6 is 0 Å². The molecule has 1 aromatic rings. The Kier molecular flexibility index (Phi) is 4.18. The lowest BCUT2D eigenvalue weighted by atomic mass is 9.92. The number of fused-ring (bicyclic) bond motifs is 2. The van der Waals surface area contributed by atoms with Crippen LogP contribution in [-0.2, 0) is 4.79 Å². The summed E-state index contributed by atoms with van der Waals surface area (Å²) in [5.41, 5.74) is 1.23. The number of aromatic nitrogens is 1. The molecule has 0 spiro atoms. The molecule has 0 unspecified atom stereocenters. The number of nitrogens with zero attached hydrogens (tertiary/aromatic N) is 4. The third-order valence-corrected chi connectivity index (χ3v) is 6.92. The van der Waals surface area contributed by atoms with E-state index in [1.807, 2.05) is 4.90 Å². The second kappa shape index (κ2) is 6.70. The quantitative estimate of drug-likeness (QED) is 0.830. The minimum Gasteiger partial charge on any atom is -0.357 e. The van der Waals surface area contributed by atoms with Gasteiger partial charge in [0, 0.05) is 36.7 Å². The lowest BCUT2D eigenvalue weighted by molar-refractivity contribution is -0.126. The number of piperidine rings is 1. The van der Waals surface area contributed by atoms with E-state index in [-0.39, 0.29) is 23.9 Å². The van der Waals surface area contributed by atoms with E-state index < -0.39 is 0 Å². The standard InChI is InChI=1S/C21H27N5O/c22-13-26-16-6-7-19(26)18(12-16)24-21(27)15-8-10-25(11-9-15)20-3-1-2-17(23-20)14-4-5-14/h1-3,14-16,18-19H,4-12H2,(H,24,27)/t16-,18+,19+/m0/s1. The summed E-state index contributed by atoms with van der Waals surface area (Å²) in [6, 6.07) is 7.07. The van der Waals surface area contributed by atoms with Crippen LogP contribution < -0.4 is 10.2 Å². The molecule has 4 heterocycles. The molecule has 27 heavy (non-hydrogen) atoms. The Balaban J connectivity index is 1.16. The fourth-order valence-electron chi connectivity index (χ4n) is 5.19. The van der Waals surface area contributed by atoms with E-state index in [1.165, 1.54) is 18.5 Å². The average molecular weight is 365 g/mol. The van der Waals surface area contributed by atoms with Crippen LogP contribution in [-0.4, -0.2) is 47.0 Å². The number of nitriles is 1. The number of amides is 1. The van der Waals surface area contributed by atoms with Gasteiger partial charge >= 0.3 is 0 Å². The SMILES string of the molecule is N#CN1[C@H]2CC[C@@H]1[C@H](NC(=O)C1CCN(c3cccc(C4CC4)n3)CC1)C2. The van der Waals surface area contributed by atoms with Gasteiger partial charge in [0.1, 0.15) is 5.82 Å². The van der Waals surface area contributed by atoms with Crippen LogP contribution in [0.1, 0.15) is 56.6 Å². The molecule has 2 bridgehead atoms. The molecule has 3 aliphatic heterocycles. The maximum absolute atomic E-state index is 12.8. The smallest absolute Gasteiger partial charge is 0.223 e. The Morgan fingerprint density at radius 1 is 1.15 bits per heavy atom. The van der Waals surface area contributed by atoms with Gasteiger partial charge in [-0.3, -0.25) is 4.79 Å². The number of rotatable bonds is 4. The van der Waals surface area contributed by atoms with Crippen molar-refractivity contribution in [2.24, 2.45) is 5.92 Å². The van der Waals surface area contributed by atoms with Crippen LogP contribution in [0.3, 0.4) is 0 Å². The highest BCUT2D eigenvalue weighted by molar-refractivity contribution is 5.79. The number of anilines is 1. The number of carbonyl (C=O) groups excluding carboxylic acids is 1. The molecule has 4 fully saturated rings. The van der Waals surface area contributed by atoms with Crippen LogP contribution in [0.5, 0.6) is 0 Å². The Morgan fingerprint density at radius 2 is 1.96 bits per heavy atom. The molecule has 3 saturated heterocycles. The molecule has 1 amide bonds. The monoisotopic (exact) mass is 365 g/mol. The average Bonchev–Trinajstić information content (AvgIpc) is 3.42. The highest BCUT2D eigenvalue weighted by Crippen LogP contribution is 2.40. The van der Waals surface area contributed by atoms with Gasteiger partial charge < -0.3 is 15.1 Å². The fourth-order valence-corrected chi connectivity index (χ4v) is 5.19. The van der Waals surface area contributed by atoms with E-state index >= 15 is 0 Å². The summed E-state index contributed by atoms with van der Waals surface area (Å²) in [5, 5.41) is 12.6. The van der Waals surface area contributed by atoms with Crippen molar-refractivity contribution < 1.29 is 4.79 Å². The molecule has 0 radical (unpaired) electrons. The Labute approximate surface area is 160 Å². The first-order valence-corrected chi connectivity index (χ1v) is 10.4. The van der Waals surface area contributed by atoms with Gasteiger partial charge in [-0.2, -0.15) is 5.26 Å². The van der Waals surface area contributed by atoms with Crippen LogP contribution in [0.15, 0.2) is 18.2 Å². The van der Waals surface area contributed by atoms with Crippen molar-refractivity contribution in [3.05, 3.63) is 23.9 Å². The highest BCUT2D eigenvalue weighted by atomic mass is 16.2. The number of hydrogen-bond acceptors (Lipinski definition) is 5. The van der Waals surface area contributed by atoms with Crippen molar-refractivity contribution >= 4 is 11.7 Å². The molecule has 5 rings (SSSR count). The topological polar surface area (TPSA) is 72.3 Å². The molecular formula is C21H27N5O. The molecule has 1 saturated carbocycles. The van der Waals surface area contributed by atoms with Crippen molar-refractivity contribution in [2.75, 3.05) is 18.0 Å². The summed E-state index contributed by atoms with van der Waals surface area (Å²) >= 11 is 0. The first-order valence-electron chi connectivity index (χ1n) is 10.4. The molecule has 1 aromatic heterocycles. The minimum absolute atomic E-state index is 0.0857. The summed E-state index contributed by atoms with van der Waals surface area (Å²) in [6.07, 6.45) is 9.67. The molecule has 4 aliphatic rings. The second-order valence-electron chi connectivity index (χ2n) is 8.61. The Bertz CT molecular complexity index is 762.